The molecule has 0 heterocycles. The number of anilines is 2. The van der Waals surface area contributed by atoms with Gasteiger partial charge in [0.2, 0.25) is 12.1 Å². The number of benzene rings is 4. The molecule has 4 rings (SSSR count). The van der Waals surface area contributed by atoms with E-state index in [2.05, 4.69) is 31.1 Å². The monoisotopic (exact) mass is 816 g/mol. The molecule has 2 unspecified atom stereocenters. The molecule has 0 fully saturated rings. The molecule has 14 nitrogen and oxygen atoms in total. The summed E-state index contributed by atoms with van der Waals surface area (Å²) in [5.74, 6) is -2.36. The number of rotatable bonds is 15. The Morgan fingerprint density at radius 3 is 1.52 bits per heavy atom. The van der Waals surface area contributed by atoms with Gasteiger partial charge < -0.3 is 30.3 Å². The lowest BCUT2D eigenvalue weighted by Crippen LogP contribution is -2.32. The molecule has 4 aromatic rings. The van der Waals surface area contributed by atoms with E-state index >= 15 is 0 Å². The Morgan fingerprint density at radius 1 is 0.611 bits per heavy atom. The van der Waals surface area contributed by atoms with E-state index < -0.39 is 48.7 Å². The molecule has 4 aromatic carbocycles. The number of halogens is 4. The molecule has 18 heteroatoms. The van der Waals surface area contributed by atoms with Crippen LogP contribution in [0.2, 0.25) is 20.1 Å². The Balaban J connectivity index is 1.50. The van der Waals surface area contributed by atoms with Crippen LogP contribution in [0.5, 0.6) is 11.5 Å². The van der Waals surface area contributed by atoms with Gasteiger partial charge in [-0.2, -0.15) is 20.5 Å². The first-order chi connectivity index (χ1) is 25.7. The molecular formula is C36H32Cl4N6O8. The molecule has 2 atom stereocenters. The summed E-state index contributed by atoms with van der Waals surface area (Å²) in [5, 5.41) is 41.1. The predicted molar refractivity (Wildman–Crippen MR) is 205 cm³/mol. The molecule has 54 heavy (non-hydrogen) atoms. The van der Waals surface area contributed by atoms with Gasteiger partial charge in [-0.15, -0.1) is 0 Å². The highest BCUT2D eigenvalue weighted by molar-refractivity contribution is 6.34. The SMILES string of the molecule is COc1cc(NC(=O)C(N=Nc2ccc(-c3ccc(N=NC(C(C)=O)C(=O)Nc4cc(CO)c(Cl)cc4OC)c(Cl)c3)cc2Cl)C(C)=O)c(CO)cc1Cl. The number of Topliss-reactive ketones (excluding diaryl/α,β-unsaturated/α-hetero) is 2. The van der Waals surface area contributed by atoms with Crippen LogP contribution in [0.15, 0.2) is 81.1 Å². The number of nitrogens with one attached hydrogen (secondary N) is 2. The quantitative estimate of drug-likeness (QED) is 0.0677. The number of ether oxygens (including phenoxy) is 2. The second-order valence-electron chi connectivity index (χ2n) is 11.4. The average Bonchev–Trinajstić information content (AvgIpc) is 3.13. The van der Waals surface area contributed by atoms with Gasteiger partial charge in [-0.3, -0.25) is 19.2 Å². The summed E-state index contributed by atoms with van der Waals surface area (Å²) >= 11 is 25.2. The molecular weight excluding hydrogens is 786 g/mol. The van der Waals surface area contributed by atoms with Crippen molar-refractivity contribution in [2.24, 2.45) is 20.5 Å². The number of aliphatic hydroxyl groups is 2. The molecule has 4 N–H and O–H groups in total. The van der Waals surface area contributed by atoms with E-state index in [1.807, 2.05) is 0 Å². The number of azo groups is 2. The van der Waals surface area contributed by atoms with Crippen LogP contribution in [0.3, 0.4) is 0 Å². The summed E-state index contributed by atoms with van der Waals surface area (Å²) in [4.78, 5) is 50.8. The number of nitrogens with zero attached hydrogens (tertiary/aromatic N) is 4. The van der Waals surface area contributed by atoms with Gasteiger partial charge in [-0.25, -0.2) is 0 Å². The first-order valence-electron chi connectivity index (χ1n) is 15.7. The van der Waals surface area contributed by atoms with Gasteiger partial charge in [-0.05, 0) is 66.9 Å². The number of aliphatic hydroxyl groups excluding tert-OH is 2. The average molecular weight is 818 g/mol. The van der Waals surface area contributed by atoms with Gasteiger partial charge in [0.1, 0.15) is 22.9 Å². The van der Waals surface area contributed by atoms with Crippen molar-refractivity contribution in [3.8, 4) is 22.6 Å². The number of ketones is 2. The maximum atomic E-state index is 13.0. The van der Waals surface area contributed by atoms with E-state index in [0.29, 0.717) is 22.3 Å². The van der Waals surface area contributed by atoms with Gasteiger partial charge in [0.05, 0.1) is 53.9 Å². The molecule has 0 aromatic heterocycles. The van der Waals surface area contributed by atoms with Crippen LogP contribution in [0, 0.1) is 0 Å². The highest BCUT2D eigenvalue weighted by Crippen LogP contribution is 2.36. The number of carbonyl (C=O) groups excluding carboxylic acids is 4. The summed E-state index contributed by atoms with van der Waals surface area (Å²) in [6.45, 7) is 1.52. The summed E-state index contributed by atoms with van der Waals surface area (Å²) in [5.41, 5.74) is 2.52. The Labute approximate surface area is 329 Å². The third-order valence-corrected chi connectivity index (χ3v) is 8.91. The van der Waals surface area contributed by atoms with Crippen LogP contribution in [-0.4, -0.2) is 59.9 Å². The lowest BCUT2D eigenvalue weighted by Gasteiger charge is -2.14. The molecule has 0 bridgehead atoms. The summed E-state index contributed by atoms with van der Waals surface area (Å²) in [6.07, 6.45) is 0. The number of methoxy groups -OCH3 is 2. The zero-order chi connectivity index (χ0) is 39.7. The third kappa shape index (κ3) is 10.2. The van der Waals surface area contributed by atoms with Crippen LogP contribution in [0.4, 0.5) is 22.7 Å². The molecule has 0 saturated carbocycles. The van der Waals surface area contributed by atoms with Gasteiger partial charge in [0, 0.05) is 22.7 Å². The summed E-state index contributed by atoms with van der Waals surface area (Å²) in [7, 11) is 2.76. The van der Waals surface area contributed by atoms with Gasteiger partial charge in [-0.1, -0.05) is 58.5 Å². The maximum absolute atomic E-state index is 13.0. The van der Waals surface area contributed by atoms with Gasteiger partial charge in [0.25, 0.3) is 11.8 Å². The van der Waals surface area contributed by atoms with Crippen LogP contribution < -0.4 is 20.1 Å². The second-order valence-corrected chi connectivity index (χ2v) is 13.0. The normalized spacial score (nSPS) is 12.4. The molecule has 2 amide bonds. The third-order valence-electron chi connectivity index (χ3n) is 7.66. The van der Waals surface area contributed by atoms with Crippen LogP contribution >= 0.6 is 46.4 Å². The molecule has 0 aliphatic carbocycles. The van der Waals surface area contributed by atoms with Crippen molar-refractivity contribution in [1.29, 1.82) is 0 Å². The second kappa shape index (κ2) is 18.9. The number of carbonyl (C=O) groups is 4. The van der Waals surface area contributed by atoms with Crippen molar-refractivity contribution in [3.63, 3.8) is 0 Å². The Hall–Kier alpha value is -4.96. The summed E-state index contributed by atoms with van der Waals surface area (Å²) < 4.78 is 10.4. The minimum absolute atomic E-state index is 0.141. The van der Waals surface area contributed by atoms with Crippen molar-refractivity contribution >= 4 is 92.5 Å². The van der Waals surface area contributed by atoms with Crippen molar-refractivity contribution in [2.75, 3.05) is 24.9 Å². The van der Waals surface area contributed by atoms with Crippen LogP contribution in [-0.2, 0) is 32.4 Å². The number of amides is 2. The fourth-order valence-corrected chi connectivity index (χ4v) is 5.71. The fraction of sp³-hybridized carbons (Fsp3) is 0.222. The number of hydrogen-bond donors (Lipinski definition) is 4. The van der Waals surface area contributed by atoms with Gasteiger partial charge >= 0.3 is 0 Å². The molecule has 0 saturated heterocycles. The highest BCUT2D eigenvalue weighted by Gasteiger charge is 2.26. The van der Waals surface area contributed by atoms with E-state index in [1.54, 1.807) is 24.3 Å². The van der Waals surface area contributed by atoms with Crippen molar-refractivity contribution in [1.82, 2.24) is 0 Å². The van der Waals surface area contributed by atoms with Crippen LogP contribution in [0.1, 0.15) is 25.0 Å². The molecule has 0 spiro atoms. The molecule has 282 valence electrons. The highest BCUT2D eigenvalue weighted by atomic mass is 35.5. The largest absolute Gasteiger partial charge is 0.495 e. The predicted octanol–water partition coefficient (Wildman–Crippen LogP) is 8.33. The van der Waals surface area contributed by atoms with Crippen LogP contribution in [0.25, 0.3) is 11.1 Å². The first-order valence-corrected chi connectivity index (χ1v) is 17.2. The Morgan fingerprint density at radius 2 is 1.09 bits per heavy atom. The van der Waals surface area contributed by atoms with Crippen molar-refractivity contribution in [2.45, 2.75) is 39.1 Å². The minimum atomic E-state index is -1.54. The van der Waals surface area contributed by atoms with E-state index in [9.17, 15) is 29.4 Å². The molecule has 0 aliphatic heterocycles. The first kappa shape index (κ1) is 41.8. The summed E-state index contributed by atoms with van der Waals surface area (Å²) in [6, 6.07) is 12.1. The standard InChI is InChI=1S/C36H32Cl4N6O8/c1-17(49)33(35(51)41-29-14-31(53-3)26(40)11-22(29)16-48)45-43-27-7-5-19(9-24(27)38)20-6-8-28(25(39)10-20)44-46-34(18(2)50)36(52)42-30-12-21(15-47)23(37)13-32(30)54-4/h5-14,33-34,47-48H,15-16H2,1-4H3,(H,41,51)(H,42,52). The van der Waals surface area contributed by atoms with Crippen molar-refractivity contribution in [3.05, 3.63) is 91.9 Å². The number of hydrogen-bond acceptors (Lipinski definition) is 12. The van der Waals surface area contributed by atoms with E-state index in [1.165, 1.54) is 64.5 Å². The van der Waals surface area contributed by atoms with E-state index in [-0.39, 0.29) is 54.3 Å². The Kier molecular flexibility index (Phi) is 14.6. The lowest BCUT2D eigenvalue weighted by atomic mass is 10.0. The zero-order valence-corrected chi connectivity index (χ0v) is 32.0. The maximum Gasteiger partial charge on any atom is 0.258 e. The molecule has 0 aliphatic rings. The Bertz CT molecular complexity index is 2010. The van der Waals surface area contributed by atoms with Crippen molar-refractivity contribution < 1.29 is 38.9 Å². The smallest absolute Gasteiger partial charge is 0.258 e. The zero-order valence-electron chi connectivity index (χ0n) is 29.0. The fourth-order valence-electron chi connectivity index (χ4n) is 4.80. The topological polar surface area (TPSA) is 201 Å². The lowest BCUT2D eigenvalue weighted by molar-refractivity contribution is -0.127. The molecule has 0 radical (unpaired) electrons. The van der Waals surface area contributed by atoms with E-state index in [4.69, 9.17) is 55.9 Å². The van der Waals surface area contributed by atoms with E-state index in [0.717, 1.165) is 0 Å². The minimum Gasteiger partial charge on any atom is -0.495 e. The van der Waals surface area contributed by atoms with Gasteiger partial charge in [0.15, 0.2) is 11.6 Å².